The lowest BCUT2D eigenvalue weighted by atomic mass is 9.66. The van der Waals surface area contributed by atoms with E-state index in [0.29, 0.717) is 36.5 Å². The molecule has 2 bridgehead atoms. The first-order chi connectivity index (χ1) is 20.2. The van der Waals surface area contributed by atoms with Gasteiger partial charge in [-0.15, -0.1) is 24.9 Å². The normalized spacial score (nSPS) is 28.3. The van der Waals surface area contributed by atoms with Crippen LogP contribution in [0.25, 0.3) is 0 Å². The number of likely N-dealkylation sites (tertiary alicyclic amines) is 1. The van der Waals surface area contributed by atoms with Crippen molar-refractivity contribution in [2.45, 2.75) is 54.7 Å². The maximum Gasteiger partial charge on any atom is 0.251 e. The van der Waals surface area contributed by atoms with Crippen LogP contribution in [0.15, 0.2) is 79.9 Å². The van der Waals surface area contributed by atoms with Gasteiger partial charge in [0.05, 0.1) is 39.9 Å². The van der Waals surface area contributed by atoms with Gasteiger partial charge in [-0.1, -0.05) is 61.0 Å². The summed E-state index contributed by atoms with van der Waals surface area (Å²) in [4.78, 5) is 48.8. The number of fused-ring (bicyclic) bond motifs is 1. The van der Waals surface area contributed by atoms with E-state index in [1.165, 1.54) is 0 Å². The molecule has 6 atom stereocenters. The lowest BCUT2D eigenvalue weighted by molar-refractivity contribution is -0.142. The first-order valence-corrected chi connectivity index (χ1v) is 15.7. The monoisotopic (exact) mass is 607 g/mol. The Labute approximate surface area is 257 Å². The molecule has 0 aromatic heterocycles. The standard InChI is InChI=1S/C33H38ClN3O4S/c1-5-19-35(23-13-9-8-10-14-23)29(39)26-27-30(40)37(22(7-3)21-38)28(33(27)18-17-32(26,4)42-33)31(41)36(20-6-2)25-16-12-11-15-24(25)34/h5-6,8-16,22,26-28,38H,1-2,7,17-21H2,3-4H3/t22-,26-,27-,28?,32+,33?/m0/s1. The quantitative estimate of drug-likeness (QED) is 0.349. The van der Waals surface area contributed by atoms with Gasteiger partial charge in [-0.05, 0) is 50.5 Å². The fourth-order valence-corrected chi connectivity index (χ4v) is 9.88. The van der Waals surface area contributed by atoms with Crippen molar-refractivity contribution < 1.29 is 19.5 Å². The predicted molar refractivity (Wildman–Crippen MR) is 170 cm³/mol. The van der Waals surface area contributed by atoms with Gasteiger partial charge in [-0.3, -0.25) is 14.4 Å². The van der Waals surface area contributed by atoms with E-state index in [9.17, 15) is 19.5 Å². The van der Waals surface area contributed by atoms with Gasteiger partial charge >= 0.3 is 0 Å². The van der Waals surface area contributed by atoms with E-state index >= 15 is 0 Å². The van der Waals surface area contributed by atoms with Crippen molar-refractivity contribution in [1.82, 2.24) is 4.90 Å². The smallest absolute Gasteiger partial charge is 0.251 e. The van der Waals surface area contributed by atoms with Crippen LogP contribution < -0.4 is 9.80 Å². The van der Waals surface area contributed by atoms with Crippen LogP contribution in [0.2, 0.25) is 5.02 Å². The highest BCUT2D eigenvalue weighted by Crippen LogP contribution is 2.72. The number of amides is 3. The minimum Gasteiger partial charge on any atom is -0.394 e. The second kappa shape index (κ2) is 11.9. The Bertz CT molecular complexity index is 1380. The third-order valence-corrected chi connectivity index (χ3v) is 11.5. The Kier molecular flexibility index (Phi) is 8.61. The third kappa shape index (κ3) is 4.68. The van der Waals surface area contributed by atoms with Crippen molar-refractivity contribution in [3.8, 4) is 0 Å². The number of aliphatic hydroxyl groups excluding tert-OH is 1. The summed E-state index contributed by atoms with van der Waals surface area (Å²) in [6.45, 7) is 11.9. The molecule has 1 spiro atoms. The number of thioether (sulfide) groups is 1. The summed E-state index contributed by atoms with van der Waals surface area (Å²) in [5, 5.41) is 10.8. The molecule has 42 heavy (non-hydrogen) atoms. The van der Waals surface area contributed by atoms with Gasteiger partial charge in [-0.25, -0.2) is 0 Å². The van der Waals surface area contributed by atoms with Crippen LogP contribution in [0.1, 0.15) is 33.1 Å². The van der Waals surface area contributed by atoms with Crippen LogP contribution in [-0.4, -0.2) is 69.0 Å². The number of aliphatic hydroxyl groups is 1. The second-order valence-corrected chi connectivity index (χ2v) is 13.8. The van der Waals surface area contributed by atoms with Crippen molar-refractivity contribution in [2.24, 2.45) is 11.8 Å². The number of para-hydroxylation sites is 2. The molecule has 2 aromatic carbocycles. The number of carbonyl (C=O) groups is 3. The number of halogens is 1. The molecule has 0 aliphatic carbocycles. The van der Waals surface area contributed by atoms with E-state index in [-0.39, 0.29) is 30.9 Å². The molecule has 3 saturated heterocycles. The number of benzene rings is 2. The lowest BCUT2D eigenvalue weighted by Crippen LogP contribution is -2.57. The van der Waals surface area contributed by atoms with Gasteiger partial charge in [0.2, 0.25) is 11.8 Å². The van der Waals surface area contributed by atoms with Gasteiger partial charge in [0, 0.05) is 23.5 Å². The number of hydrogen-bond acceptors (Lipinski definition) is 5. The lowest BCUT2D eigenvalue weighted by Gasteiger charge is -2.39. The number of nitrogens with zero attached hydrogens (tertiary/aromatic N) is 3. The molecule has 3 fully saturated rings. The summed E-state index contributed by atoms with van der Waals surface area (Å²) in [5.41, 5.74) is 1.27. The molecule has 7 nitrogen and oxygen atoms in total. The SMILES string of the molecule is C=CCN(C(=O)[C@@H]1[C@H]2C(=O)N([C@@H](CC)CO)C(C(=O)N(CC=C)c3ccccc3Cl)C23CC[C@@]1(C)S3)c1ccccc1. The van der Waals surface area contributed by atoms with E-state index in [2.05, 4.69) is 20.1 Å². The molecule has 0 saturated carbocycles. The average molecular weight is 608 g/mol. The van der Waals surface area contributed by atoms with Crippen LogP contribution in [0, 0.1) is 11.8 Å². The molecule has 3 aliphatic heterocycles. The maximum absolute atomic E-state index is 14.8. The Hall–Kier alpha value is -3.07. The van der Waals surface area contributed by atoms with Crippen molar-refractivity contribution in [2.75, 3.05) is 29.5 Å². The van der Waals surface area contributed by atoms with E-state index in [1.54, 1.807) is 56.8 Å². The molecule has 0 radical (unpaired) electrons. The third-order valence-electron chi connectivity index (χ3n) is 9.16. The van der Waals surface area contributed by atoms with Crippen LogP contribution in [0.4, 0.5) is 11.4 Å². The van der Waals surface area contributed by atoms with Crippen LogP contribution in [0.3, 0.4) is 0 Å². The summed E-state index contributed by atoms with van der Waals surface area (Å²) >= 11 is 8.19. The number of hydrogen-bond donors (Lipinski definition) is 1. The Morgan fingerprint density at radius 1 is 1.07 bits per heavy atom. The van der Waals surface area contributed by atoms with Crippen LogP contribution in [-0.2, 0) is 14.4 Å². The molecule has 3 amide bonds. The molecule has 222 valence electrons. The molecular formula is C33H38ClN3O4S. The second-order valence-electron chi connectivity index (χ2n) is 11.5. The Morgan fingerprint density at radius 3 is 2.33 bits per heavy atom. The van der Waals surface area contributed by atoms with Gasteiger partial charge in [0.1, 0.15) is 6.04 Å². The number of carbonyl (C=O) groups excluding carboxylic acids is 3. The molecular weight excluding hydrogens is 570 g/mol. The molecule has 5 rings (SSSR count). The summed E-state index contributed by atoms with van der Waals surface area (Å²) < 4.78 is -1.37. The highest BCUT2D eigenvalue weighted by molar-refractivity contribution is 8.02. The van der Waals surface area contributed by atoms with E-state index in [1.807, 2.05) is 43.3 Å². The van der Waals surface area contributed by atoms with Crippen molar-refractivity contribution >= 4 is 52.5 Å². The summed E-state index contributed by atoms with van der Waals surface area (Å²) in [5.74, 6) is -2.02. The Morgan fingerprint density at radius 2 is 1.71 bits per heavy atom. The highest BCUT2D eigenvalue weighted by Gasteiger charge is 2.78. The van der Waals surface area contributed by atoms with Gasteiger partial charge in [-0.2, -0.15) is 0 Å². The van der Waals surface area contributed by atoms with Crippen LogP contribution >= 0.6 is 23.4 Å². The molecule has 2 unspecified atom stereocenters. The first-order valence-electron chi connectivity index (χ1n) is 14.5. The topological polar surface area (TPSA) is 81.2 Å². The zero-order valence-corrected chi connectivity index (χ0v) is 25.7. The minimum absolute atomic E-state index is 0.143. The van der Waals surface area contributed by atoms with E-state index in [4.69, 9.17) is 11.6 Å². The summed E-state index contributed by atoms with van der Waals surface area (Å²) in [6, 6.07) is 15.1. The van der Waals surface area contributed by atoms with Crippen molar-refractivity contribution in [3.05, 3.63) is 84.9 Å². The van der Waals surface area contributed by atoms with Crippen LogP contribution in [0.5, 0.6) is 0 Å². The molecule has 2 aromatic rings. The minimum atomic E-state index is -0.877. The van der Waals surface area contributed by atoms with Gasteiger partial charge in [0.15, 0.2) is 0 Å². The van der Waals surface area contributed by atoms with Crippen molar-refractivity contribution in [3.63, 3.8) is 0 Å². The Balaban J connectivity index is 1.63. The molecule has 1 N–H and O–H groups in total. The molecule has 9 heteroatoms. The number of rotatable bonds is 11. The van der Waals surface area contributed by atoms with Crippen molar-refractivity contribution in [1.29, 1.82) is 0 Å². The predicted octanol–water partition coefficient (Wildman–Crippen LogP) is 5.33. The average Bonchev–Trinajstić information content (AvgIpc) is 3.56. The zero-order chi connectivity index (χ0) is 30.2. The van der Waals surface area contributed by atoms with E-state index in [0.717, 1.165) is 5.69 Å². The van der Waals surface area contributed by atoms with Gasteiger partial charge < -0.3 is 19.8 Å². The van der Waals surface area contributed by atoms with E-state index < -0.39 is 33.4 Å². The fourth-order valence-electron chi connectivity index (χ4n) is 7.31. The first kappa shape index (κ1) is 30.4. The summed E-state index contributed by atoms with van der Waals surface area (Å²) in [7, 11) is 0. The highest BCUT2D eigenvalue weighted by atomic mass is 35.5. The summed E-state index contributed by atoms with van der Waals surface area (Å²) in [6.07, 6.45) is 5.10. The molecule has 3 heterocycles. The largest absolute Gasteiger partial charge is 0.394 e. The van der Waals surface area contributed by atoms with Gasteiger partial charge in [0.25, 0.3) is 5.91 Å². The zero-order valence-electron chi connectivity index (χ0n) is 24.1. The maximum atomic E-state index is 14.8. The molecule has 3 aliphatic rings. The number of anilines is 2. The fraction of sp³-hybridized carbons (Fsp3) is 0.424.